The number of hydrogen-bond acceptors (Lipinski definition) is 5. The summed E-state index contributed by atoms with van der Waals surface area (Å²) in [4.78, 5) is 33.0. The highest BCUT2D eigenvalue weighted by Crippen LogP contribution is 2.36. The fraction of sp³-hybridized carbons (Fsp3) is 0.154. The number of benzene rings is 2. The van der Waals surface area contributed by atoms with Crippen LogP contribution in [0.5, 0.6) is 11.5 Å². The van der Waals surface area contributed by atoms with Crippen molar-refractivity contribution in [2.24, 2.45) is 0 Å². The number of halogens is 4. The number of rotatable bonds is 6. The molecule has 0 atom stereocenters. The first kappa shape index (κ1) is 23.4. The quantitative estimate of drug-likeness (QED) is 0.361. The average molecular weight is 495 g/mol. The highest BCUT2D eigenvalue weighted by molar-refractivity contribution is 5.99. The summed E-state index contributed by atoms with van der Waals surface area (Å²) >= 11 is 0. The molecule has 0 fully saturated rings. The minimum Gasteiger partial charge on any atom is -0.455 e. The summed E-state index contributed by atoms with van der Waals surface area (Å²) in [5.41, 5.74) is 0.318. The van der Waals surface area contributed by atoms with E-state index in [1.165, 1.54) is 6.20 Å². The summed E-state index contributed by atoms with van der Waals surface area (Å²) in [6.45, 7) is 0. The maximum atomic E-state index is 14.1. The molecule has 36 heavy (non-hydrogen) atoms. The fourth-order valence-electron chi connectivity index (χ4n) is 4.12. The highest BCUT2D eigenvalue weighted by atomic mass is 19.4. The molecule has 10 heteroatoms. The van der Waals surface area contributed by atoms with E-state index in [1.54, 1.807) is 36.5 Å². The first-order valence-corrected chi connectivity index (χ1v) is 10.9. The Morgan fingerprint density at radius 2 is 1.78 bits per heavy atom. The standard InChI is InChI=1S/C26H17F4N3O3/c27-20-5-4-16(26(28,29)30)10-15(20)12-17(34)11-14-3-6-22(24-18(14)2-1-8-31-24)36-21-7-9-32-25-19(21)13-23(35)33-25/h1-10H,11-13H2,(H,32,33,35). The third kappa shape index (κ3) is 4.61. The monoisotopic (exact) mass is 495 g/mol. The van der Waals surface area contributed by atoms with Crippen LogP contribution in [0.15, 0.2) is 60.9 Å². The van der Waals surface area contributed by atoms with E-state index in [-0.39, 0.29) is 24.3 Å². The van der Waals surface area contributed by atoms with Crippen molar-refractivity contribution in [3.8, 4) is 11.5 Å². The first-order valence-electron chi connectivity index (χ1n) is 10.9. The van der Waals surface area contributed by atoms with E-state index >= 15 is 0 Å². The topological polar surface area (TPSA) is 81.2 Å². The van der Waals surface area contributed by atoms with Crippen LogP contribution in [0.4, 0.5) is 23.4 Å². The molecule has 0 bridgehead atoms. The average Bonchev–Trinajstić information content (AvgIpc) is 3.22. The number of Topliss-reactive ketones (excluding diaryl/α,β-unsaturated/α-hetero) is 1. The van der Waals surface area contributed by atoms with E-state index in [4.69, 9.17) is 4.74 Å². The van der Waals surface area contributed by atoms with Crippen LogP contribution in [0.3, 0.4) is 0 Å². The van der Waals surface area contributed by atoms with E-state index in [0.717, 1.165) is 6.07 Å². The third-order valence-corrected chi connectivity index (χ3v) is 5.80. The molecule has 1 N–H and O–H groups in total. The van der Waals surface area contributed by atoms with E-state index in [0.29, 0.717) is 51.5 Å². The molecule has 182 valence electrons. The van der Waals surface area contributed by atoms with Gasteiger partial charge in [0.15, 0.2) is 5.75 Å². The van der Waals surface area contributed by atoms with Crippen molar-refractivity contribution in [1.29, 1.82) is 0 Å². The van der Waals surface area contributed by atoms with Gasteiger partial charge in [0.2, 0.25) is 5.91 Å². The first-order chi connectivity index (χ1) is 17.2. The Bertz CT molecular complexity index is 1520. The lowest BCUT2D eigenvalue weighted by Crippen LogP contribution is -2.11. The number of carbonyl (C=O) groups excluding carboxylic acids is 2. The largest absolute Gasteiger partial charge is 0.455 e. The number of hydrogen-bond donors (Lipinski definition) is 1. The Morgan fingerprint density at radius 3 is 2.58 bits per heavy atom. The zero-order chi connectivity index (χ0) is 25.4. The number of anilines is 1. The Morgan fingerprint density at radius 1 is 0.972 bits per heavy atom. The molecule has 3 heterocycles. The molecule has 5 rings (SSSR count). The summed E-state index contributed by atoms with van der Waals surface area (Å²) < 4.78 is 59.2. The Labute approximate surface area is 201 Å². The Balaban J connectivity index is 1.41. The lowest BCUT2D eigenvalue weighted by atomic mass is 9.98. The van der Waals surface area contributed by atoms with Gasteiger partial charge in [0, 0.05) is 36.2 Å². The van der Waals surface area contributed by atoms with Crippen LogP contribution in [-0.2, 0) is 35.0 Å². The number of nitrogens with zero attached hydrogens (tertiary/aromatic N) is 2. The van der Waals surface area contributed by atoms with Crippen LogP contribution in [0, 0.1) is 5.82 Å². The van der Waals surface area contributed by atoms with Crippen LogP contribution in [0.1, 0.15) is 22.3 Å². The van der Waals surface area contributed by atoms with Gasteiger partial charge in [-0.2, -0.15) is 13.2 Å². The molecule has 0 radical (unpaired) electrons. The lowest BCUT2D eigenvalue weighted by Gasteiger charge is -2.13. The molecule has 1 aliphatic heterocycles. The summed E-state index contributed by atoms with van der Waals surface area (Å²) in [5.74, 6) is -0.262. The molecule has 1 aliphatic rings. The van der Waals surface area contributed by atoms with Crippen LogP contribution >= 0.6 is 0 Å². The van der Waals surface area contributed by atoms with Crippen molar-refractivity contribution in [3.63, 3.8) is 0 Å². The number of amides is 1. The molecular formula is C26H17F4N3O3. The number of fused-ring (bicyclic) bond motifs is 2. The van der Waals surface area contributed by atoms with Crippen molar-refractivity contribution >= 4 is 28.4 Å². The molecule has 0 saturated heterocycles. The highest BCUT2D eigenvalue weighted by Gasteiger charge is 2.31. The lowest BCUT2D eigenvalue weighted by molar-refractivity contribution is -0.137. The second kappa shape index (κ2) is 9.03. The van der Waals surface area contributed by atoms with Crippen LogP contribution < -0.4 is 10.1 Å². The van der Waals surface area contributed by atoms with Gasteiger partial charge in [0.25, 0.3) is 0 Å². The zero-order valence-corrected chi connectivity index (χ0v) is 18.5. The normalized spacial score (nSPS) is 12.9. The minimum atomic E-state index is -4.64. The molecule has 2 aromatic carbocycles. The molecular weight excluding hydrogens is 478 g/mol. The van der Waals surface area contributed by atoms with Gasteiger partial charge in [-0.05, 0) is 47.5 Å². The Kier molecular flexibility index (Phi) is 5.87. The maximum Gasteiger partial charge on any atom is 0.416 e. The van der Waals surface area contributed by atoms with Gasteiger partial charge in [-0.1, -0.05) is 12.1 Å². The summed E-state index contributed by atoms with van der Waals surface area (Å²) in [7, 11) is 0. The maximum absolute atomic E-state index is 14.1. The predicted molar refractivity (Wildman–Crippen MR) is 122 cm³/mol. The van der Waals surface area contributed by atoms with Gasteiger partial charge in [-0.25, -0.2) is 9.37 Å². The molecule has 0 saturated carbocycles. The van der Waals surface area contributed by atoms with Gasteiger partial charge >= 0.3 is 6.18 Å². The Hall–Kier alpha value is -4.34. The fourth-order valence-corrected chi connectivity index (χ4v) is 4.12. The van der Waals surface area contributed by atoms with Crippen LogP contribution in [-0.4, -0.2) is 21.7 Å². The summed E-state index contributed by atoms with van der Waals surface area (Å²) in [6.07, 6.45) is -2.07. The number of ketones is 1. The summed E-state index contributed by atoms with van der Waals surface area (Å²) in [5, 5.41) is 3.26. The molecule has 6 nitrogen and oxygen atoms in total. The van der Waals surface area contributed by atoms with Crippen LogP contribution in [0.2, 0.25) is 0 Å². The number of nitrogens with one attached hydrogen (secondary N) is 1. The second-order valence-electron chi connectivity index (χ2n) is 8.28. The number of carbonyl (C=O) groups is 2. The van der Waals surface area contributed by atoms with E-state index < -0.39 is 29.8 Å². The van der Waals surface area contributed by atoms with Crippen LogP contribution in [0.25, 0.3) is 10.9 Å². The van der Waals surface area contributed by atoms with Crippen molar-refractivity contribution < 1.29 is 31.9 Å². The van der Waals surface area contributed by atoms with Crippen molar-refractivity contribution in [1.82, 2.24) is 9.97 Å². The van der Waals surface area contributed by atoms with E-state index in [2.05, 4.69) is 15.3 Å². The van der Waals surface area contributed by atoms with Gasteiger partial charge in [0.1, 0.15) is 28.7 Å². The van der Waals surface area contributed by atoms with Crippen molar-refractivity contribution in [2.75, 3.05) is 5.32 Å². The zero-order valence-electron chi connectivity index (χ0n) is 18.5. The van der Waals surface area contributed by atoms with Crippen molar-refractivity contribution in [3.05, 3.63) is 89.0 Å². The minimum absolute atomic E-state index is 0.128. The van der Waals surface area contributed by atoms with Crippen molar-refractivity contribution in [2.45, 2.75) is 25.4 Å². The molecule has 0 spiro atoms. The SMILES string of the molecule is O=C(Cc1cc(C(F)(F)F)ccc1F)Cc1ccc(Oc2ccnc3c2CC(=O)N3)c2ncccc12. The van der Waals surface area contributed by atoms with Gasteiger partial charge in [0.05, 0.1) is 12.0 Å². The molecule has 1 amide bonds. The van der Waals surface area contributed by atoms with Gasteiger partial charge in [-0.3, -0.25) is 14.6 Å². The third-order valence-electron chi connectivity index (χ3n) is 5.80. The molecule has 0 aliphatic carbocycles. The number of alkyl halides is 3. The number of aromatic nitrogens is 2. The van der Waals surface area contributed by atoms with Gasteiger partial charge in [-0.15, -0.1) is 0 Å². The van der Waals surface area contributed by atoms with E-state index in [9.17, 15) is 27.2 Å². The predicted octanol–water partition coefficient (Wildman–Crippen LogP) is 5.43. The summed E-state index contributed by atoms with van der Waals surface area (Å²) in [6, 6.07) is 10.4. The molecule has 4 aromatic rings. The number of pyridine rings is 2. The molecule has 0 unspecified atom stereocenters. The number of ether oxygens (including phenoxy) is 1. The van der Waals surface area contributed by atoms with E-state index in [1.807, 2.05) is 0 Å². The van der Waals surface area contributed by atoms with Gasteiger partial charge < -0.3 is 10.1 Å². The second-order valence-corrected chi connectivity index (χ2v) is 8.28. The molecule has 2 aromatic heterocycles. The smallest absolute Gasteiger partial charge is 0.416 e.